The number of halogens is 1. The first kappa shape index (κ1) is 12.2. The lowest BCUT2D eigenvalue weighted by molar-refractivity contribution is -0.135. The molecule has 16 heavy (non-hydrogen) atoms. The van der Waals surface area contributed by atoms with Crippen LogP contribution in [0, 0.1) is 17.3 Å². The van der Waals surface area contributed by atoms with Gasteiger partial charge in [0.15, 0.2) is 0 Å². The summed E-state index contributed by atoms with van der Waals surface area (Å²) in [5, 5.41) is 0. The molecule has 0 aromatic rings. The Morgan fingerprint density at radius 3 is 2.75 bits per heavy atom. The molecule has 2 rings (SSSR count). The lowest BCUT2D eigenvalue weighted by atomic mass is 9.95. The molecule has 2 aliphatic rings. The van der Waals surface area contributed by atoms with E-state index in [0.29, 0.717) is 17.7 Å². The van der Waals surface area contributed by atoms with Crippen molar-refractivity contribution in [2.24, 2.45) is 17.3 Å². The number of piperidine rings is 1. The Morgan fingerprint density at radius 1 is 1.50 bits per heavy atom. The second-order valence-electron chi connectivity index (χ2n) is 6.02. The van der Waals surface area contributed by atoms with Gasteiger partial charge in [0.2, 0.25) is 5.91 Å². The van der Waals surface area contributed by atoms with E-state index in [0.717, 1.165) is 38.2 Å². The van der Waals surface area contributed by atoms with Gasteiger partial charge < -0.3 is 4.90 Å². The number of amides is 1. The van der Waals surface area contributed by atoms with E-state index in [1.165, 1.54) is 6.42 Å². The van der Waals surface area contributed by atoms with Crippen LogP contribution in [0.15, 0.2) is 0 Å². The third kappa shape index (κ3) is 2.53. The van der Waals surface area contributed by atoms with E-state index < -0.39 is 0 Å². The van der Waals surface area contributed by atoms with Crippen molar-refractivity contribution in [3.05, 3.63) is 0 Å². The Hall–Kier alpha value is -0.240. The minimum atomic E-state index is 0.260. The Labute approximate surface area is 103 Å². The summed E-state index contributed by atoms with van der Waals surface area (Å²) < 4.78 is 0. The van der Waals surface area contributed by atoms with Gasteiger partial charge in [-0.1, -0.05) is 13.8 Å². The van der Waals surface area contributed by atoms with Gasteiger partial charge in [-0.05, 0) is 37.0 Å². The lowest BCUT2D eigenvalue weighted by Gasteiger charge is -2.33. The third-order valence-electron chi connectivity index (χ3n) is 4.16. The highest BCUT2D eigenvalue weighted by molar-refractivity contribution is 6.17. The topological polar surface area (TPSA) is 20.3 Å². The van der Waals surface area contributed by atoms with Crippen LogP contribution in [0.1, 0.15) is 39.5 Å². The smallest absolute Gasteiger partial charge is 0.226 e. The highest BCUT2D eigenvalue weighted by atomic mass is 35.5. The summed E-state index contributed by atoms with van der Waals surface area (Å²) in [7, 11) is 0. The van der Waals surface area contributed by atoms with Crippen LogP contribution < -0.4 is 0 Å². The molecule has 1 saturated carbocycles. The fraction of sp³-hybridized carbons (Fsp3) is 0.923. The number of likely N-dealkylation sites (tertiary alicyclic amines) is 1. The molecule has 1 amide bonds. The number of nitrogens with zero attached hydrogens (tertiary/aromatic N) is 1. The highest BCUT2D eigenvalue weighted by Gasteiger charge is 2.52. The molecule has 0 aromatic carbocycles. The molecule has 0 radical (unpaired) electrons. The van der Waals surface area contributed by atoms with Crippen LogP contribution >= 0.6 is 11.6 Å². The Balaban J connectivity index is 1.87. The Bertz CT molecular complexity index is 275. The van der Waals surface area contributed by atoms with Crippen molar-refractivity contribution in [2.75, 3.05) is 19.0 Å². The number of alkyl halides is 1. The van der Waals surface area contributed by atoms with Crippen LogP contribution in [0.25, 0.3) is 0 Å². The molecule has 0 spiro atoms. The van der Waals surface area contributed by atoms with Crippen LogP contribution in [0.3, 0.4) is 0 Å². The largest absolute Gasteiger partial charge is 0.342 e. The van der Waals surface area contributed by atoms with Gasteiger partial charge in [-0.25, -0.2) is 0 Å². The van der Waals surface area contributed by atoms with E-state index in [4.69, 9.17) is 11.6 Å². The molecule has 3 heteroatoms. The van der Waals surface area contributed by atoms with Crippen molar-refractivity contribution in [1.29, 1.82) is 0 Å². The number of carbonyl (C=O) groups is 1. The van der Waals surface area contributed by atoms with Gasteiger partial charge in [-0.2, -0.15) is 0 Å². The number of rotatable bonds is 3. The molecule has 1 aliphatic heterocycles. The van der Waals surface area contributed by atoms with Crippen molar-refractivity contribution >= 4 is 17.5 Å². The summed E-state index contributed by atoms with van der Waals surface area (Å²) in [4.78, 5) is 14.3. The lowest BCUT2D eigenvalue weighted by Crippen LogP contribution is -2.41. The first-order valence-electron chi connectivity index (χ1n) is 6.39. The molecule has 1 saturated heterocycles. The minimum Gasteiger partial charge on any atom is -0.342 e. The predicted octanol–water partition coefficient (Wildman–Crippen LogP) is 2.90. The van der Waals surface area contributed by atoms with Crippen LogP contribution in [-0.2, 0) is 4.79 Å². The van der Waals surface area contributed by atoms with E-state index in [1.54, 1.807) is 0 Å². The van der Waals surface area contributed by atoms with Crippen molar-refractivity contribution in [3.63, 3.8) is 0 Å². The first-order valence-corrected chi connectivity index (χ1v) is 6.93. The zero-order valence-corrected chi connectivity index (χ0v) is 11.1. The number of carbonyl (C=O) groups excluding carboxylic acids is 1. The average molecular weight is 244 g/mol. The van der Waals surface area contributed by atoms with Crippen molar-refractivity contribution in [1.82, 2.24) is 4.90 Å². The van der Waals surface area contributed by atoms with Crippen LogP contribution in [0.4, 0.5) is 0 Å². The summed E-state index contributed by atoms with van der Waals surface area (Å²) in [5.41, 5.74) is 0.260. The summed E-state index contributed by atoms with van der Waals surface area (Å²) in [6.07, 6.45) is 4.52. The Morgan fingerprint density at radius 2 is 2.19 bits per heavy atom. The summed E-state index contributed by atoms with van der Waals surface area (Å²) >= 11 is 5.78. The van der Waals surface area contributed by atoms with E-state index in [1.807, 2.05) is 0 Å². The second kappa shape index (κ2) is 4.56. The highest BCUT2D eigenvalue weighted by Crippen LogP contribution is 2.52. The summed E-state index contributed by atoms with van der Waals surface area (Å²) in [6, 6.07) is 0. The Kier molecular flexibility index (Phi) is 3.48. The fourth-order valence-electron chi connectivity index (χ4n) is 2.76. The zero-order valence-electron chi connectivity index (χ0n) is 10.3. The molecule has 0 aromatic heterocycles. The molecule has 1 aliphatic carbocycles. The van der Waals surface area contributed by atoms with Gasteiger partial charge in [0.25, 0.3) is 0 Å². The zero-order chi connectivity index (χ0) is 11.8. The second-order valence-corrected chi connectivity index (χ2v) is 6.39. The van der Waals surface area contributed by atoms with Crippen LogP contribution in [-0.4, -0.2) is 29.8 Å². The van der Waals surface area contributed by atoms with Gasteiger partial charge in [0.1, 0.15) is 0 Å². The molecule has 0 bridgehead atoms. The van der Waals surface area contributed by atoms with Crippen LogP contribution in [0.2, 0.25) is 0 Å². The van der Waals surface area contributed by atoms with E-state index in [9.17, 15) is 4.79 Å². The molecular formula is C13H22ClNO. The maximum atomic E-state index is 12.2. The van der Waals surface area contributed by atoms with E-state index in [2.05, 4.69) is 18.7 Å². The number of hydrogen-bond acceptors (Lipinski definition) is 1. The average Bonchev–Trinajstić information content (AvgIpc) is 2.88. The predicted molar refractivity (Wildman–Crippen MR) is 66.5 cm³/mol. The standard InChI is InChI=1S/C13H22ClNO/c1-13(2)8-11(13)12(16)15-7-3-4-10(9-15)5-6-14/h10-11H,3-9H2,1-2H3. The van der Waals surface area contributed by atoms with Gasteiger partial charge in [0, 0.05) is 24.9 Å². The fourth-order valence-corrected chi connectivity index (χ4v) is 3.07. The third-order valence-corrected chi connectivity index (χ3v) is 4.38. The molecule has 2 atom stereocenters. The molecule has 0 N–H and O–H groups in total. The summed E-state index contributed by atoms with van der Waals surface area (Å²) in [5.74, 6) is 2.05. The maximum absolute atomic E-state index is 12.2. The molecule has 1 heterocycles. The van der Waals surface area contributed by atoms with Crippen molar-refractivity contribution < 1.29 is 4.79 Å². The van der Waals surface area contributed by atoms with Gasteiger partial charge >= 0.3 is 0 Å². The quantitative estimate of drug-likeness (QED) is 0.698. The molecular weight excluding hydrogens is 222 g/mol. The first-order chi connectivity index (χ1) is 7.54. The SMILES string of the molecule is CC1(C)CC1C(=O)N1CCCC(CCCl)C1. The van der Waals surface area contributed by atoms with Gasteiger partial charge in [-0.15, -0.1) is 11.6 Å². The maximum Gasteiger partial charge on any atom is 0.226 e. The monoisotopic (exact) mass is 243 g/mol. The van der Waals surface area contributed by atoms with Crippen LogP contribution in [0.5, 0.6) is 0 Å². The van der Waals surface area contributed by atoms with Gasteiger partial charge in [0.05, 0.1) is 0 Å². The van der Waals surface area contributed by atoms with Crippen molar-refractivity contribution in [3.8, 4) is 0 Å². The summed E-state index contributed by atoms with van der Waals surface area (Å²) in [6.45, 7) is 6.29. The molecule has 2 fully saturated rings. The molecule has 92 valence electrons. The van der Waals surface area contributed by atoms with Gasteiger partial charge in [-0.3, -0.25) is 4.79 Å². The molecule has 2 unspecified atom stereocenters. The normalized spacial score (nSPS) is 32.6. The van der Waals surface area contributed by atoms with E-state index in [-0.39, 0.29) is 5.41 Å². The van der Waals surface area contributed by atoms with E-state index >= 15 is 0 Å². The van der Waals surface area contributed by atoms with Crippen molar-refractivity contribution in [2.45, 2.75) is 39.5 Å². The minimum absolute atomic E-state index is 0.260. The number of hydrogen-bond donors (Lipinski definition) is 0. The molecule has 2 nitrogen and oxygen atoms in total.